The lowest BCUT2D eigenvalue weighted by Crippen LogP contribution is -2.50. The highest BCUT2D eigenvalue weighted by Gasteiger charge is 2.20. The molecule has 1 fully saturated rings. The van der Waals surface area contributed by atoms with Gasteiger partial charge in [0.15, 0.2) is 5.96 Å². The zero-order valence-corrected chi connectivity index (χ0v) is 20.5. The number of nitrogens with one attached hydrogen (secondary N) is 2. The SMILES string of the molecule is CN=C(NCc1ccc(C)cc1OCC1CCOC1)NCC(C)(C)N(C)C.I. The fraction of sp³-hybridized carbons (Fsp3) is 0.667. The van der Waals surface area contributed by atoms with E-state index in [9.17, 15) is 0 Å². The number of nitrogens with zero attached hydrogens (tertiary/aromatic N) is 2. The third-order valence-corrected chi connectivity index (χ3v) is 5.29. The van der Waals surface area contributed by atoms with Gasteiger partial charge in [-0.05, 0) is 52.9 Å². The zero-order valence-electron chi connectivity index (χ0n) is 18.2. The third kappa shape index (κ3) is 7.75. The van der Waals surface area contributed by atoms with Gasteiger partial charge in [-0.1, -0.05) is 12.1 Å². The third-order valence-electron chi connectivity index (χ3n) is 5.29. The molecule has 0 radical (unpaired) electrons. The van der Waals surface area contributed by atoms with E-state index in [1.807, 2.05) is 0 Å². The Morgan fingerprint density at radius 2 is 2.07 bits per heavy atom. The highest BCUT2D eigenvalue weighted by atomic mass is 127. The van der Waals surface area contributed by atoms with Crippen molar-refractivity contribution in [1.29, 1.82) is 0 Å². The second-order valence-electron chi connectivity index (χ2n) is 8.14. The summed E-state index contributed by atoms with van der Waals surface area (Å²) in [4.78, 5) is 6.54. The van der Waals surface area contributed by atoms with Crippen molar-refractivity contribution in [3.8, 4) is 5.75 Å². The average Bonchev–Trinajstić information content (AvgIpc) is 3.14. The molecule has 1 heterocycles. The van der Waals surface area contributed by atoms with Gasteiger partial charge in [-0.25, -0.2) is 0 Å². The Kier molecular flexibility index (Phi) is 10.5. The van der Waals surface area contributed by atoms with Crippen LogP contribution in [0.2, 0.25) is 0 Å². The highest BCUT2D eigenvalue weighted by Crippen LogP contribution is 2.22. The molecule has 28 heavy (non-hydrogen) atoms. The van der Waals surface area contributed by atoms with Crippen molar-refractivity contribution in [2.75, 3.05) is 47.5 Å². The number of hydrogen-bond acceptors (Lipinski definition) is 4. The molecule has 0 amide bonds. The molecule has 0 aromatic heterocycles. The molecule has 0 aliphatic carbocycles. The van der Waals surface area contributed by atoms with E-state index in [0.717, 1.165) is 43.5 Å². The van der Waals surface area contributed by atoms with Crippen LogP contribution in [0.5, 0.6) is 5.75 Å². The molecule has 1 atom stereocenters. The van der Waals surface area contributed by atoms with Gasteiger partial charge in [-0.3, -0.25) is 4.99 Å². The van der Waals surface area contributed by atoms with Crippen molar-refractivity contribution < 1.29 is 9.47 Å². The largest absolute Gasteiger partial charge is 0.493 e. The first-order valence-electron chi connectivity index (χ1n) is 9.74. The van der Waals surface area contributed by atoms with Crippen LogP contribution < -0.4 is 15.4 Å². The van der Waals surface area contributed by atoms with Crippen molar-refractivity contribution in [3.63, 3.8) is 0 Å². The molecular weight excluding hydrogens is 467 g/mol. The van der Waals surface area contributed by atoms with Gasteiger partial charge in [0, 0.05) is 43.8 Å². The minimum absolute atomic E-state index is 0. The van der Waals surface area contributed by atoms with Crippen LogP contribution in [0.25, 0.3) is 0 Å². The summed E-state index contributed by atoms with van der Waals surface area (Å²) in [5, 5.41) is 6.81. The number of aryl methyl sites for hydroxylation is 1. The monoisotopic (exact) mass is 504 g/mol. The number of guanidine groups is 1. The van der Waals surface area contributed by atoms with E-state index in [1.54, 1.807) is 7.05 Å². The molecule has 7 heteroatoms. The van der Waals surface area contributed by atoms with E-state index in [1.165, 1.54) is 5.56 Å². The number of hydrogen-bond donors (Lipinski definition) is 2. The Hall–Kier alpha value is -1.06. The molecule has 1 aromatic carbocycles. The van der Waals surface area contributed by atoms with Gasteiger partial charge >= 0.3 is 0 Å². The Morgan fingerprint density at radius 3 is 2.68 bits per heavy atom. The van der Waals surface area contributed by atoms with Gasteiger partial charge in [0.1, 0.15) is 5.75 Å². The fourth-order valence-electron chi connectivity index (χ4n) is 2.72. The number of halogens is 1. The molecule has 2 N–H and O–H groups in total. The van der Waals surface area contributed by atoms with E-state index in [2.05, 4.69) is 73.6 Å². The first-order chi connectivity index (χ1) is 12.8. The number of ether oxygens (including phenoxy) is 2. The Labute approximate surface area is 187 Å². The van der Waals surface area contributed by atoms with Gasteiger partial charge < -0.3 is 25.0 Å². The summed E-state index contributed by atoms with van der Waals surface area (Å²) < 4.78 is 11.6. The predicted octanol–water partition coefficient (Wildman–Crippen LogP) is 3.03. The van der Waals surface area contributed by atoms with Crippen molar-refractivity contribution in [2.45, 2.75) is 39.3 Å². The lowest BCUT2D eigenvalue weighted by atomic mass is 10.0. The Balaban J connectivity index is 0.00000392. The summed E-state index contributed by atoms with van der Waals surface area (Å²) >= 11 is 0. The van der Waals surface area contributed by atoms with Crippen molar-refractivity contribution in [3.05, 3.63) is 29.3 Å². The van der Waals surface area contributed by atoms with Crippen LogP contribution in [-0.2, 0) is 11.3 Å². The normalized spacial score (nSPS) is 17.4. The quantitative estimate of drug-likeness (QED) is 0.324. The average molecular weight is 504 g/mol. The van der Waals surface area contributed by atoms with Gasteiger partial charge in [0.2, 0.25) is 0 Å². The second-order valence-corrected chi connectivity index (χ2v) is 8.14. The molecule has 0 saturated carbocycles. The van der Waals surface area contributed by atoms with Crippen LogP contribution >= 0.6 is 24.0 Å². The minimum Gasteiger partial charge on any atom is -0.493 e. The van der Waals surface area contributed by atoms with E-state index >= 15 is 0 Å². The first kappa shape index (κ1) is 25.0. The predicted molar refractivity (Wildman–Crippen MR) is 127 cm³/mol. The van der Waals surface area contributed by atoms with Crippen molar-refractivity contribution >= 4 is 29.9 Å². The number of benzene rings is 1. The van der Waals surface area contributed by atoms with Crippen molar-refractivity contribution in [1.82, 2.24) is 15.5 Å². The van der Waals surface area contributed by atoms with E-state index in [4.69, 9.17) is 9.47 Å². The zero-order chi connectivity index (χ0) is 19.9. The maximum Gasteiger partial charge on any atom is 0.191 e. The number of aliphatic imine (C=N–C) groups is 1. The lowest BCUT2D eigenvalue weighted by Gasteiger charge is -2.33. The second kappa shape index (κ2) is 11.8. The molecule has 160 valence electrons. The molecule has 0 bridgehead atoms. The van der Waals surface area contributed by atoms with Crippen LogP contribution in [0.3, 0.4) is 0 Å². The summed E-state index contributed by atoms with van der Waals surface area (Å²) in [6.07, 6.45) is 1.08. The summed E-state index contributed by atoms with van der Waals surface area (Å²) in [6, 6.07) is 6.35. The topological polar surface area (TPSA) is 58.1 Å². The minimum atomic E-state index is 0. The molecule has 0 spiro atoms. The van der Waals surface area contributed by atoms with Crippen LogP contribution in [0, 0.1) is 12.8 Å². The summed E-state index contributed by atoms with van der Waals surface area (Å²) in [5.41, 5.74) is 2.38. The van der Waals surface area contributed by atoms with Gasteiger partial charge in [0.25, 0.3) is 0 Å². The molecule has 1 unspecified atom stereocenters. The molecule has 1 saturated heterocycles. The summed E-state index contributed by atoms with van der Waals surface area (Å²) in [6.45, 7) is 10.3. The van der Waals surface area contributed by atoms with Crippen LogP contribution in [0.4, 0.5) is 0 Å². The molecule has 1 aromatic rings. The Bertz CT molecular complexity index is 629. The molecule has 1 aliphatic heterocycles. The van der Waals surface area contributed by atoms with Gasteiger partial charge in [-0.15, -0.1) is 24.0 Å². The van der Waals surface area contributed by atoms with Crippen LogP contribution in [0.1, 0.15) is 31.4 Å². The first-order valence-corrected chi connectivity index (χ1v) is 9.74. The van der Waals surface area contributed by atoms with Gasteiger partial charge in [-0.2, -0.15) is 0 Å². The lowest BCUT2D eigenvalue weighted by molar-refractivity contribution is 0.166. The maximum atomic E-state index is 6.13. The molecular formula is C21H37IN4O2. The fourth-order valence-corrected chi connectivity index (χ4v) is 2.72. The van der Waals surface area contributed by atoms with Crippen LogP contribution in [-0.4, -0.2) is 63.9 Å². The summed E-state index contributed by atoms with van der Waals surface area (Å²) in [7, 11) is 5.97. The molecule has 1 aliphatic rings. The standard InChI is InChI=1S/C21H36N4O2.HI/c1-16-7-8-18(19(11-16)27-14-17-9-10-26-13-17)12-23-20(22-4)24-15-21(2,3)25(5)6;/h7-8,11,17H,9-10,12-15H2,1-6H3,(H2,22,23,24);1H. The van der Waals surface area contributed by atoms with E-state index in [0.29, 0.717) is 19.1 Å². The van der Waals surface area contributed by atoms with E-state index in [-0.39, 0.29) is 29.5 Å². The van der Waals surface area contributed by atoms with Gasteiger partial charge in [0.05, 0.1) is 13.2 Å². The Morgan fingerprint density at radius 1 is 1.32 bits per heavy atom. The van der Waals surface area contributed by atoms with Crippen molar-refractivity contribution in [2.24, 2.45) is 10.9 Å². The summed E-state index contributed by atoms with van der Waals surface area (Å²) in [5.74, 6) is 2.23. The van der Waals surface area contributed by atoms with Crippen LogP contribution in [0.15, 0.2) is 23.2 Å². The smallest absolute Gasteiger partial charge is 0.191 e. The van der Waals surface area contributed by atoms with E-state index < -0.39 is 0 Å². The molecule has 6 nitrogen and oxygen atoms in total. The number of rotatable bonds is 8. The maximum absolute atomic E-state index is 6.13. The number of likely N-dealkylation sites (N-methyl/N-ethyl adjacent to an activating group) is 1. The molecule has 2 rings (SSSR count). The highest BCUT2D eigenvalue weighted by molar-refractivity contribution is 14.0.